The summed E-state index contributed by atoms with van der Waals surface area (Å²) in [5.74, 6) is 1.69. The highest BCUT2D eigenvalue weighted by atomic mass is 32.2. The first kappa shape index (κ1) is 29.7. The summed E-state index contributed by atoms with van der Waals surface area (Å²) >= 11 is 3.10. The Bertz CT molecular complexity index is 1090. The van der Waals surface area contributed by atoms with E-state index in [2.05, 4.69) is 30.9 Å². The van der Waals surface area contributed by atoms with Gasteiger partial charge in [-0.15, -0.1) is 11.8 Å². The number of nitriles is 2. The van der Waals surface area contributed by atoms with E-state index >= 15 is 0 Å². The van der Waals surface area contributed by atoms with E-state index in [1.165, 1.54) is 11.8 Å². The Labute approximate surface area is 225 Å². The van der Waals surface area contributed by atoms with Gasteiger partial charge in [0, 0.05) is 22.9 Å². The fourth-order valence-corrected chi connectivity index (χ4v) is 5.73. The standard InChI is InChI=1S/C28H38N4O2S2/c1-7-19(5)33-25-21(17-29)22(18-30)26(34-20(6)8-2)28(36-24-14-12-11-13-23(24)31)27(25)35-16-15-32(9-3)10-4/h11-14,19-20H,7-10,15-16,31H2,1-6H3. The topological polar surface area (TPSA) is 95.3 Å². The van der Waals surface area contributed by atoms with Gasteiger partial charge in [-0.1, -0.05) is 51.6 Å². The molecule has 2 atom stereocenters. The third kappa shape index (κ3) is 7.49. The molecule has 0 saturated carbocycles. The first-order chi connectivity index (χ1) is 17.3. The molecule has 0 spiro atoms. The summed E-state index contributed by atoms with van der Waals surface area (Å²) in [5.41, 5.74) is 7.40. The molecule has 194 valence electrons. The number of nitrogens with zero attached hydrogens (tertiary/aromatic N) is 3. The number of ether oxygens (including phenoxy) is 2. The zero-order chi connectivity index (χ0) is 26.7. The van der Waals surface area contributed by atoms with E-state index in [0.29, 0.717) is 17.2 Å². The van der Waals surface area contributed by atoms with Gasteiger partial charge >= 0.3 is 0 Å². The first-order valence-electron chi connectivity index (χ1n) is 12.6. The number of nitrogens with two attached hydrogens (primary N) is 1. The van der Waals surface area contributed by atoms with Gasteiger partial charge in [0.2, 0.25) is 0 Å². The molecule has 0 fully saturated rings. The highest BCUT2D eigenvalue weighted by Crippen LogP contribution is 2.51. The van der Waals surface area contributed by atoms with Crippen molar-refractivity contribution in [2.75, 3.05) is 31.1 Å². The molecule has 0 amide bonds. The molecule has 0 saturated heterocycles. The van der Waals surface area contributed by atoms with E-state index in [9.17, 15) is 10.5 Å². The van der Waals surface area contributed by atoms with Gasteiger partial charge in [-0.3, -0.25) is 0 Å². The molecule has 0 aliphatic carbocycles. The maximum Gasteiger partial charge on any atom is 0.154 e. The summed E-state index contributed by atoms with van der Waals surface area (Å²) in [7, 11) is 0. The van der Waals surface area contributed by atoms with Crippen LogP contribution in [0, 0.1) is 22.7 Å². The first-order valence-corrected chi connectivity index (χ1v) is 14.4. The highest BCUT2D eigenvalue weighted by molar-refractivity contribution is 8.02. The fraction of sp³-hybridized carbons (Fsp3) is 0.500. The zero-order valence-electron chi connectivity index (χ0n) is 22.3. The SMILES string of the molecule is CCC(C)Oc1c(C#N)c(C#N)c(OC(C)CC)c(Sc2ccccc2N)c1SCCN(CC)CC. The molecule has 0 aromatic heterocycles. The largest absolute Gasteiger partial charge is 0.488 e. The monoisotopic (exact) mass is 526 g/mol. The summed E-state index contributed by atoms with van der Waals surface area (Å²) < 4.78 is 12.7. The van der Waals surface area contributed by atoms with Crippen molar-refractivity contribution in [1.82, 2.24) is 4.90 Å². The maximum absolute atomic E-state index is 10.2. The second-order valence-electron chi connectivity index (χ2n) is 8.48. The van der Waals surface area contributed by atoms with Gasteiger partial charge in [-0.2, -0.15) is 10.5 Å². The van der Waals surface area contributed by atoms with Crippen LogP contribution in [-0.2, 0) is 0 Å². The number of rotatable bonds is 14. The molecule has 0 radical (unpaired) electrons. The maximum atomic E-state index is 10.2. The smallest absolute Gasteiger partial charge is 0.154 e. The summed E-state index contributed by atoms with van der Waals surface area (Å²) in [5, 5.41) is 20.4. The summed E-state index contributed by atoms with van der Waals surface area (Å²) in [6.45, 7) is 15.1. The third-order valence-electron chi connectivity index (χ3n) is 6.01. The van der Waals surface area contributed by atoms with Crippen LogP contribution in [-0.4, -0.2) is 42.5 Å². The van der Waals surface area contributed by atoms with Gasteiger partial charge in [0.15, 0.2) is 11.5 Å². The van der Waals surface area contributed by atoms with Crippen LogP contribution in [0.15, 0.2) is 39.0 Å². The zero-order valence-corrected chi connectivity index (χ0v) is 23.9. The molecule has 0 aliphatic heterocycles. The van der Waals surface area contributed by atoms with Crippen LogP contribution in [0.4, 0.5) is 5.69 Å². The van der Waals surface area contributed by atoms with Crippen molar-refractivity contribution in [2.45, 2.75) is 81.3 Å². The van der Waals surface area contributed by atoms with Crippen LogP contribution < -0.4 is 15.2 Å². The van der Waals surface area contributed by atoms with E-state index in [-0.39, 0.29) is 23.3 Å². The minimum Gasteiger partial charge on any atom is -0.488 e. The number of benzene rings is 2. The summed E-state index contributed by atoms with van der Waals surface area (Å²) in [6.07, 6.45) is 1.29. The second-order valence-corrected chi connectivity index (χ2v) is 10.6. The lowest BCUT2D eigenvalue weighted by Gasteiger charge is -2.25. The molecule has 0 aliphatic rings. The quantitative estimate of drug-likeness (QED) is 0.209. The Balaban J connectivity index is 2.82. The van der Waals surface area contributed by atoms with Crippen molar-refractivity contribution in [1.29, 1.82) is 10.5 Å². The molecule has 0 heterocycles. The van der Waals surface area contributed by atoms with Crippen molar-refractivity contribution in [2.24, 2.45) is 0 Å². The lowest BCUT2D eigenvalue weighted by Crippen LogP contribution is -2.25. The third-order valence-corrected chi connectivity index (χ3v) is 8.39. The normalized spacial score (nSPS) is 12.6. The Morgan fingerprint density at radius 2 is 1.42 bits per heavy atom. The second kappa shape index (κ2) is 14.9. The number of hydrogen-bond donors (Lipinski definition) is 1. The molecular weight excluding hydrogens is 488 g/mol. The molecule has 2 aromatic rings. The summed E-state index contributed by atoms with van der Waals surface area (Å²) in [6, 6.07) is 12.1. The molecule has 6 nitrogen and oxygen atoms in total. The average molecular weight is 527 g/mol. The molecular formula is C28H38N4O2S2. The number of para-hydroxylation sites is 1. The van der Waals surface area contributed by atoms with Crippen molar-refractivity contribution in [3.8, 4) is 23.6 Å². The number of anilines is 1. The summed E-state index contributed by atoms with van der Waals surface area (Å²) in [4.78, 5) is 4.81. The molecule has 0 bridgehead atoms. The average Bonchev–Trinajstić information content (AvgIpc) is 2.89. The van der Waals surface area contributed by atoms with Gasteiger partial charge in [0.25, 0.3) is 0 Å². The van der Waals surface area contributed by atoms with Gasteiger partial charge in [-0.25, -0.2) is 0 Å². The fourth-order valence-electron chi connectivity index (χ4n) is 3.39. The van der Waals surface area contributed by atoms with E-state index in [0.717, 1.165) is 52.9 Å². The Kier molecular flexibility index (Phi) is 12.3. The van der Waals surface area contributed by atoms with Crippen molar-refractivity contribution < 1.29 is 9.47 Å². The highest BCUT2D eigenvalue weighted by Gasteiger charge is 2.29. The van der Waals surface area contributed by atoms with Crippen molar-refractivity contribution in [3.05, 3.63) is 35.4 Å². The van der Waals surface area contributed by atoms with Crippen LogP contribution in [0.25, 0.3) is 0 Å². The van der Waals surface area contributed by atoms with Gasteiger partial charge < -0.3 is 20.1 Å². The molecule has 36 heavy (non-hydrogen) atoms. The van der Waals surface area contributed by atoms with Crippen molar-refractivity contribution >= 4 is 29.2 Å². The predicted molar refractivity (Wildman–Crippen MR) is 150 cm³/mol. The number of nitrogen functional groups attached to an aromatic ring is 1. The number of thioether (sulfide) groups is 1. The van der Waals surface area contributed by atoms with Crippen LogP contribution in [0.2, 0.25) is 0 Å². The van der Waals surface area contributed by atoms with Crippen LogP contribution >= 0.6 is 23.5 Å². The van der Waals surface area contributed by atoms with Crippen LogP contribution in [0.5, 0.6) is 11.5 Å². The Hall–Kier alpha value is -2.52. The number of hydrogen-bond acceptors (Lipinski definition) is 8. The van der Waals surface area contributed by atoms with E-state index in [1.807, 2.05) is 52.0 Å². The minimum absolute atomic E-state index is 0.119. The minimum atomic E-state index is -0.133. The predicted octanol–water partition coefficient (Wildman–Crippen LogP) is 6.95. The van der Waals surface area contributed by atoms with E-state index in [4.69, 9.17) is 15.2 Å². The lowest BCUT2D eigenvalue weighted by molar-refractivity contribution is 0.200. The Morgan fingerprint density at radius 3 is 1.89 bits per heavy atom. The van der Waals surface area contributed by atoms with E-state index < -0.39 is 0 Å². The molecule has 8 heteroatoms. The van der Waals surface area contributed by atoms with Gasteiger partial charge in [0.1, 0.15) is 23.3 Å². The molecule has 2 N–H and O–H groups in total. The van der Waals surface area contributed by atoms with Crippen LogP contribution in [0.1, 0.15) is 65.5 Å². The van der Waals surface area contributed by atoms with Crippen molar-refractivity contribution in [3.63, 3.8) is 0 Å². The van der Waals surface area contributed by atoms with Gasteiger partial charge in [0.05, 0.1) is 22.0 Å². The van der Waals surface area contributed by atoms with E-state index in [1.54, 1.807) is 11.8 Å². The molecule has 2 rings (SSSR count). The lowest BCUT2D eigenvalue weighted by atomic mass is 10.1. The van der Waals surface area contributed by atoms with Crippen LogP contribution in [0.3, 0.4) is 0 Å². The van der Waals surface area contributed by atoms with Gasteiger partial charge in [-0.05, 0) is 51.9 Å². The Morgan fingerprint density at radius 1 is 0.889 bits per heavy atom. The molecule has 2 unspecified atom stereocenters. The molecule has 2 aromatic carbocycles.